The number of ether oxygens (including phenoxy) is 1. The summed E-state index contributed by atoms with van der Waals surface area (Å²) in [5.41, 5.74) is 6.74. The molecule has 1 aromatic heterocycles. The third-order valence-corrected chi connectivity index (χ3v) is 2.43. The summed E-state index contributed by atoms with van der Waals surface area (Å²) in [5, 5.41) is 0. The molecule has 0 fully saturated rings. The van der Waals surface area contributed by atoms with Crippen molar-refractivity contribution >= 4 is 0 Å². The zero-order chi connectivity index (χ0) is 12.4. The van der Waals surface area contributed by atoms with Crippen LogP contribution in [0.2, 0.25) is 0 Å². The van der Waals surface area contributed by atoms with Crippen molar-refractivity contribution in [3.8, 4) is 17.1 Å². The van der Waals surface area contributed by atoms with Gasteiger partial charge in [-0.25, -0.2) is 9.37 Å². The van der Waals surface area contributed by atoms with Crippen LogP contribution in [0.15, 0.2) is 22.6 Å². The van der Waals surface area contributed by atoms with E-state index in [4.69, 9.17) is 14.9 Å². The third kappa shape index (κ3) is 2.14. The summed E-state index contributed by atoms with van der Waals surface area (Å²) >= 11 is 0. The van der Waals surface area contributed by atoms with Gasteiger partial charge in [-0.1, -0.05) is 0 Å². The van der Waals surface area contributed by atoms with Crippen LogP contribution < -0.4 is 10.5 Å². The van der Waals surface area contributed by atoms with Crippen LogP contribution >= 0.6 is 0 Å². The predicted octanol–water partition coefficient (Wildman–Crippen LogP) is 2.26. The highest BCUT2D eigenvalue weighted by molar-refractivity contribution is 5.61. The molecule has 2 N–H and O–H groups in total. The largest absolute Gasteiger partial charge is 0.494 e. The molecule has 0 amide bonds. The molecular formula is C12H13FN2O2. The Hall–Kier alpha value is -1.88. The van der Waals surface area contributed by atoms with Gasteiger partial charge in [0.2, 0.25) is 5.89 Å². The second kappa shape index (κ2) is 4.55. The van der Waals surface area contributed by atoms with Gasteiger partial charge in [0.1, 0.15) is 0 Å². The van der Waals surface area contributed by atoms with Gasteiger partial charge in [-0.2, -0.15) is 0 Å². The number of methoxy groups -OCH3 is 1. The monoisotopic (exact) mass is 236 g/mol. The molecule has 1 heterocycles. The standard InChI is InChI=1S/C12H13FN2O2/c1-7-12(17-11(6-14)15-7)8-3-4-10(16-2)9(13)5-8/h3-5H,6,14H2,1-2H3. The van der Waals surface area contributed by atoms with E-state index < -0.39 is 5.82 Å². The molecule has 0 unspecified atom stereocenters. The van der Waals surface area contributed by atoms with E-state index in [-0.39, 0.29) is 12.3 Å². The number of benzene rings is 1. The molecule has 0 spiro atoms. The minimum Gasteiger partial charge on any atom is -0.494 e. The van der Waals surface area contributed by atoms with Gasteiger partial charge < -0.3 is 14.9 Å². The summed E-state index contributed by atoms with van der Waals surface area (Å²) in [5.74, 6) is 0.737. The number of rotatable bonds is 3. The van der Waals surface area contributed by atoms with Gasteiger partial charge in [-0.15, -0.1) is 0 Å². The van der Waals surface area contributed by atoms with Crippen LogP contribution in [-0.2, 0) is 6.54 Å². The molecular weight excluding hydrogens is 223 g/mol. The smallest absolute Gasteiger partial charge is 0.208 e. The minimum absolute atomic E-state index is 0.199. The van der Waals surface area contributed by atoms with Crippen molar-refractivity contribution in [2.75, 3.05) is 7.11 Å². The van der Waals surface area contributed by atoms with Crippen molar-refractivity contribution in [1.29, 1.82) is 0 Å². The molecule has 17 heavy (non-hydrogen) atoms. The number of aryl methyl sites for hydroxylation is 1. The summed E-state index contributed by atoms with van der Waals surface area (Å²) in [6.45, 7) is 2.01. The van der Waals surface area contributed by atoms with Crippen LogP contribution in [-0.4, -0.2) is 12.1 Å². The lowest BCUT2D eigenvalue weighted by molar-refractivity contribution is 0.386. The molecule has 0 bridgehead atoms. The molecule has 0 saturated carbocycles. The van der Waals surface area contributed by atoms with Crippen LogP contribution in [0.3, 0.4) is 0 Å². The number of aromatic nitrogens is 1. The van der Waals surface area contributed by atoms with Crippen molar-refractivity contribution in [2.24, 2.45) is 5.73 Å². The van der Waals surface area contributed by atoms with Gasteiger partial charge in [-0.3, -0.25) is 0 Å². The van der Waals surface area contributed by atoms with Crippen molar-refractivity contribution in [3.63, 3.8) is 0 Å². The van der Waals surface area contributed by atoms with E-state index in [2.05, 4.69) is 4.98 Å². The second-order valence-corrected chi connectivity index (χ2v) is 3.58. The van der Waals surface area contributed by atoms with Crippen LogP contribution in [0, 0.1) is 12.7 Å². The fourth-order valence-electron chi connectivity index (χ4n) is 1.62. The molecule has 0 aliphatic heterocycles. The molecule has 2 rings (SSSR count). The van der Waals surface area contributed by atoms with Gasteiger partial charge in [0.15, 0.2) is 17.3 Å². The molecule has 2 aromatic rings. The Morgan fingerprint density at radius 1 is 1.47 bits per heavy atom. The molecule has 5 heteroatoms. The zero-order valence-electron chi connectivity index (χ0n) is 9.66. The highest BCUT2D eigenvalue weighted by Crippen LogP contribution is 2.28. The van der Waals surface area contributed by atoms with Gasteiger partial charge >= 0.3 is 0 Å². The van der Waals surface area contributed by atoms with Crippen LogP contribution in [0.4, 0.5) is 4.39 Å². The van der Waals surface area contributed by atoms with Gasteiger partial charge in [0, 0.05) is 5.56 Å². The molecule has 0 atom stereocenters. The maximum absolute atomic E-state index is 13.5. The van der Waals surface area contributed by atoms with E-state index in [1.54, 1.807) is 19.1 Å². The van der Waals surface area contributed by atoms with E-state index in [1.165, 1.54) is 13.2 Å². The van der Waals surface area contributed by atoms with Crippen molar-refractivity contribution in [2.45, 2.75) is 13.5 Å². The number of hydrogen-bond donors (Lipinski definition) is 1. The van der Waals surface area contributed by atoms with Crippen LogP contribution in [0.25, 0.3) is 11.3 Å². The molecule has 1 aromatic carbocycles. The van der Waals surface area contributed by atoms with E-state index in [9.17, 15) is 4.39 Å². The second-order valence-electron chi connectivity index (χ2n) is 3.58. The van der Waals surface area contributed by atoms with E-state index in [0.29, 0.717) is 22.9 Å². The Kier molecular flexibility index (Phi) is 3.10. The Bertz CT molecular complexity index is 537. The Balaban J connectivity index is 2.45. The van der Waals surface area contributed by atoms with Gasteiger partial charge in [0.05, 0.1) is 19.3 Å². The molecule has 90 valence electrons. The first kappa shape index (κ1) is 11.6. The quantitative estimate of drug-likeness (QED) is 0.887. The zero-order valence-corrected chi connectivity index (χ0v) is 9.66. The Morgan fingerprint density at radius 2 is 2.24 bits per heavy atom. The van der Waals surface area contributed by atoms with Crippen molar-refractivity contribution in [1.82, 2.24) is 4.98 Å². The summed E-state index contributed by atoms with van der Waals surface area (Å²) in [6, 6.07) is 4.62. The third-order valence-electron chi connectivity index (χ3n) is 2.43. The maximum Gasteiger partial charge on any atom is 0.208 e. The first-order valence-electron chi connectivity index (χ1n) is 5.16. The number of hydrogen-bond acceptors (Lipinski definition) is 4. The Labute approximate surface area is 98.2 Å². The lowest BCUT2D eigenvalue weighted by Crippen LogP contribution is -1.95. The lowest BCUT2D eigenvalue weighted by Gasteiger charge is -2.03. The number of halogens is 1. The fourth-order valence-corrected chi connectivity index (χ4v) is 1.62. The fraction of sp³-hybridized carbons (Fsp3) is 0.250. The van der Waals surface area contributed by atoms with E-state index >= 15 is 0 Å². The molecule has 0 radical (unpaired) electrons. The average molecular weight is 236 g/mol. The minimum atomic E-state index is -0.435. The Morgan fingerprint density at radius 3 is 2.76 bits per heavy atom. The molecule has 0 aliphatic carbocycles. The summed E-state index contributed by atoms with van der Waals surface area (Å²) in [4.78, 5) is 4.13. The van der Waals surface area contributed by atoms with E-state index in [0.717, 1.165) is 0 Å². The number of nitrogens with zero attached hydrogens (tertiary/aromatic N) is 1. The number of nitrogens with two attached hydrogens (primary N) is 1. The molecule has 0 aliphatic rings. The first-order chi connectivity index (χ1) is 8.15. The van der Waals surface area contributed by atoms with Crippen molar-refractivity contribution in [3.05, 3.63) is 35.6 Å². The van der Waals surface area contributed by atoms with Crippen molar-refractivity contribution < 1.29 is 13.5 Å². The lowest BCUT2D eigenvalue weighted by atomic mass is 10.1. The highest BCUT2D eigenvalue weighted by Gasteiger charge is 2.13. The predicted molar refractivity (Wildman–Crippen MR) is 61.1 cm³/mol. The van der Waals surface area contributed by atoms with Crippen LogP contribution in [0.1, 0.15) is 11.6 Å². The SMILES string of the molecule is COc1ccc(-c2oc(CN)nc2C)cc1F. The maximum atomic E-state index is 13.5. The normalized spacial score (nSPS) is 10.6. The topological polar surface area (TPSA) is 61.3 Å². The van der Waals surface area contributed by atoms with Gasteiger partial charge in [-0.05, 0) is 25.1 Å². The van der Waals surface area contributed by atoms with E-state index in [1.807, 2.05) is 0 Å². The molecule has 4 nitrogen and oxygen atoms in total. The summed E-state index contributed by atoms with van der Waals surface area (Å²) in [6.07, 6.45) is 0. The van der Waals surface area contributed by atoms with Crippen LogP contribution in [0.5, 0.6) is 5.75 Å². The number of oxazole rings is 1. The average Bonchev–Trinajstić information content (AvgIpc) is 2.70. The molecule has 0 saturated heterocycles. The summed E-state index contributed by atoms with van der Waals surface area (Å²) < 4.78 is 23.8. The van der Waals surface area contributed by atoms with Gasteiger partial charge in [0.25, 0.3) is 0 Å². The first-order valence-corrected chi connectivity index (χ1v) is 5.16. The highest BCUT2D eigenvalue weighted by atomic mass is 19.1. The summed E-state index contributed by atoms with van der Waals surface area (Å²) in [7, 11) is 1.42.